The molecule has 0 bridgehead atoms. The molecule has 1 N–H and O–H groups in total. The van der Waals surface area contributed by atoms with Gasteiger partial charge in [0, 0.05) is 29.2 Å². The monoisotopic (exact) mass is 345 g/mol. The first-order valence-electron chi connectivity index (χ1n) is 7.88. The number of aryl methyl sites for hydroxylation is 2. The molecule has 0 spiro atoms. The first kappa shape index (κ1) is 16.6. The number of ether oxygens (including phenoxy) is 1. The maximum absolute atomic E-state index is 12.6. The Kier molecular flexibility index (Phi) is 4.37. The van der Waals surface area contributed by atoms with Crippen LogP contribution in [0.3, 0.4) is 0 Å². The number of hydrogen-bond donors (Lipinski definition) is 1. The van der Waals surface area contributed by atoms with Crippen molar-refractivity contribution in [3.63, 3.8) is 0 Å². The van der Waals surface area contributed by atoms with Gasteiger partial charge in [0.1, 0.15) is 5.82 Å². The Bertz CT molecular complexity index is 839. The quantitative estimate of drug-likeness (QED) is 0.860. The fourth-order valence-electron chi connectivity index (χ4n) is 3.27. The first-order valence-corrected chi connectivity index (χ1v) is 8.26. The zero-order valence-electron chi connectivity index (χ0n) is 14.2. The van der Waals surface area contributed by atoms with Crippen molar-refractivity contribution in [2.75, 3.05) is 11.9 Å². The molecule has 1 unspecified atom stereocenters. The van der Waals surface area contributed by atoms with Crippen LogP contribution >= 0.6 is 11.6 Å². The zero-order chi connectivity index (χ0) is 17.4. The van der Waals surface area contributed by atoms with E-state index in [-0.39, 0.29) is 11.9 Å². The molecule has 126 valence electrons. The van der Waals surface area contributed by atoms with Crippen LogP contribution in [0, 0.1) is 6.92 Å². The first-order chi connectivity index (χ1) is 11.5. The number of halogens is 1. The largest absolute Gasteiger partial charge is 0.463 e. The smallest absolute Gasteiger partial charge is 0.336 e. The van der Waals surface area contributed by atoms with Crippen molar-refractivity contribution in [3.8, 4) is 0 Å². The number of fused-ring (bicyclic) bond motifs is 1. The van der Waals surface area contributed by atoms with Gasteiger partial charge in [-0.3, -0.25) is 4.68 Å². The van der Waals surface area contributed by atoms with E-state index in [1.165, 1.54) is 0 Å². The lowest BCUT2D eigenvalue weighted by Gasteiger charge is -2.29. The summed E-state index contributed by atoms with van der Waals surface area (Å²) < 4.78 is 7.09. The number of esters is 1. The van der Waals surface area contributed by atoms with Crippen molar-refractivity contribution in [2.24, 2.45) is 7.05 Å². The maximum Gasteiger partial charge on any atom is 0.336 e. The van der Waals surface area contributed by atoms with Gasteiger partial charge in [0.25, 0.3) is 0 Å². The number of nitrogens with one attached hydrogen (secondary N) is 1. The average Bonchev–Trinajstić information content (AvgIpc) is 2.81. The predicted molar refractivity (Wildman–Crippen MR) is 94.2 cm³/mol. The highest BCUT2D eigenvalue weighted by Crippen LogP contribution is 2.45. The Hall–Kier alpha value is -2.27. The van der Waals surface area contributed by atoms with E-state index in [0.717, 1.165) is 28.3 Å². The number of benzene rings is 1. The number of rotatable bonds is 3. The summed E-state index contributed by atoms with van der Waals surface area (Å²) in [5, 5.41) is 8.42. The number of anilines is 1. The summed E-state index contributed by atoms with van der Waals surface area (Å²) in [7, 11) is 1.88. The number of aromatic nitrogens is 2. The highest BCUT2D eigenvalue weighted by atomic mass is 35.5. The van der Waals surface area contributed by atoms with E-state index in [9.17, 15) is 4.79 Å². The van der Waals surface area contributed by atoms with Crippen molar-refractivity contribution in [1.29, 1.82) is 0 Å². The second-order valence-electron chi connectivity index (χ2n) is 5.81. The Labute approximate surface area is 146 Å². The van der Waals surface area contributed by atoms with Gasteiger partial charge in [0.2, 0.25) is 0 Å². The standard InChI is InChI=1S/C18H20ClN3O2/c1-5-24-18(23)15-10(2)20-17-14(11(3)21-22(17)4)16(15)12-8-6-7-9-13(12)19/h6-9,16,20H,5H2,1-4H3. The number of hydrogen-bond acceptors (Lipinski definition) is 4. The molecule has 24 heavy (non-hydrogen) atoms. The molecule has 1 aliphatic rings. The molecule has 1 aliphatic heterocycles. The van der Waals surface area contributed by atoms with E-state index in [0.29, 0.717) is 17.2 Å². The molecular weight excluding hydrogens is 326 g/mol. The molecule has 5 nitrogen and oxygen atoms in total. The number of carbonyl (C=O) groups is 1. The second-order valence-corrected chi connectivity index (χ2v) is 6.22. The normalized spacial score (nSPS) is 16.6. The minimum Gasteiger partial charge on any atom is -0.463 e. The van der Waals surface area contributed by atoms with E-state index >= 15 is 0 Å². The van der Waals surface area contributed by atoms with E-state index < -0.39 is 0 Å². The van der Waals surface area contributed by atoms with Crippen molar-refractivity contribution < 1.29 is 9.53 Å². The summed E-state index contributed by atoms with van der Waals surface area (Å²) in [4.78, 5) is 12.6. The third-order valence-corrected chi connectivity index (χ3v) is 4.61. The SMILES string of the molecule is CCOC(=O)C1=C(C)Nc2c(c(C)nn2C)C1c1ccccc1Cl. The summed E-state index contributed by atoms with van der Waals surface area (Å²) in [6, 6.07) is 7.58. The molecular formula is C18H20ClN3O2. The van der Waals surface area contributed by atoms with E-state index in [1.54, 1.807) is 11.6 Å². The molecule has 0 amide bonds. The molecule has 0 saturated heterocycles. The molecule has 3 rings (SSSR count). The van der Waals surface area contributed by atoms with Gasteiger partial charge in [-0.05, 0) is 32.4 Å². The fraction of sp³-hybridized carbons (Fsp3) is 0.333. The van der Waals surface area contributed by atoms with Crippen molar-refractivity contribution in [1.82, 2.24) is 9.78 Å². The van der Waals surface area contributed by atoms with Crippen molar-refractivity contribution in [2.45, 2.75) is 26.7 Å². The van der Waals surface area contributed by atoms with Gasteiger partial charge >= 0.3 is 5.97 Å². The van der Waals surface area contributed by atoms with Crippen LogP contribution < -0.4 is 5.32 Å². The summed E-state index contributed by atoms with van der Waals surface area (Å²) in [5.41, 5.74) is 4.03. The number of nitrogens with zero attached hydrogens (tertiary/aromatic N) is 2. The molecule has 2 aromatic rings. The average molecular weight is 346 g/mol. The minimum atomic E-state index is -0.332. The molecule has 0 saturated carbocycles. The van der Waals surface area contributed by atoms with E-state index in [4.69, 9.17) is 16.3 Å². The molecule has 2 heterocycles. The van der Waals surface area contributed by atoms with Gasteiger partial charge in [0.05, 0.1) is 17.9 Å². The molecule has 1 aromatic heterocycles. The lowest BCUT2D eigenvalue weighted by atomic mass is 9.81. The van der Waals surface area contributed by atoms with Crippen LogP contribution in [0.4, 0.5) is 5.82 Å². The fourth-order valence-corrected chi connectivity index (χ4v) is 3.52. The number of allylic oxidation sites excluding steroid dienone is 1. The van der Waals surface area contributed by atoms with Gasteiger partial charge in [-0.2, -0.15) is 5.10 Å². The Morgan fingerprint density at radius 1 is 1.38 bits per heavy atom. The molecule has 0 fully saturated rings. The minimum absolute atomic E-state index is 0.303. The van der Waals surface area contributed by atoms with Crippen LogP contribution in [0.15, 0.2) is 35.5 Å². The van der Waals surface area contributed by atoms with Gasteiger partial charge < -0.3 is 10.1 Å². The summed E-state index contributed by atoms with van der Waals surface area (Å²) in [6.45, 7) is 5.94. The van der Waals surface area contributed by atoms with Crippen molar-refractivity contribution in [3.05, 3.63) is 57.4 Å². The predicted octanol–water partition coefficient (Wildman–Crippen LogP) is 3.78. The highest BCUT2D eigenvalue weighted by molar-refractivity contribution is 6.31. The van der Waals surface area contributed by atoms with Gasteiger partial charge in [0.15, 0.2) is 0 Å². The molecule has 0 aliphatic carbocycles. The van der Waals surface area contributed by atoms with Crippen LogP contribution in [-0.2, 0) is 16.6 Å². The third-order valence-electron chi connectivity index (χ3n) is 4.27. The molecule has 0 radical (unpaired) electrons. The van der Waals surface area contributed by atoms with Gasteiger partial charge in [-0.1, -0.05) is 29.8 Å². The molecule has 1 aromatic carbocycles. The molecule has 1 atom stereocenters. The van der Waals surface area contributed by atoms with E-state index in [1.807, 2.05) is 45.2 Å². The highest BCUT2D eigenvalue weighted by Gasteiger charge is 2.37. The summed E-state index contributed by atoms with van der Waals surface area (Å²) in [6.07, 6.45) is 0. The van der Waals surface area contributed by atoms with Crippen LogP contribution in [0.1, 0.15) is 36.6 Å². The third kappa shape index (κ3) is 2.59. The topological polar surface area (TPSA) is 56.1 Å². The van der Waals surface area contributed by atoms with Crippen molar-refractivity contribution >= 4 is 23.4 Å². The summed E-state index contributed by atoms with van der Waals surface area (Å²) >= 11 is 6.46. The number of carbonyl (C=O) groups excluding carboxylic acids is 1. The van der Waals surface area contributed by atoms with Gasteiger partial charge in [-0.15, -0.1) is 0 Å². The van der Waals surface area contributed by atoms with E-state index in [2.05, 4.69) is 10.4 Å². The lowest BCUT2D eigenvalue weighted by molar-refractivity contribution is -0.138. The Morgan fingerprint density at radius 3 is 2.75 bits per heavy atom. The second kappa shape index (κ2) is 6.32. The van der Waals surface area contributed by atoms with Crippen LogP contribution in [-0.4, -0.2) is 22.4 Å². The Balaban J connectivity index is 2.26. The lowest BCUT2D eigenvalue weighted by Crippen LogP contribution is -2.25. The Morgan fingerprint density at radius 2 is 2.08 bits per heavy atom. The van der Waals surface area contributed by atoms with Crippen LogP contribution in [0.25, 0.3) is 0 Å². The maximum atomic E-state index is 12.6. The zero-order valence-corrected chi connectivity index (χ0v) is 14.9. The summed E-state index contributed by atoms with van der Waals surface area (Å²) in [5.74, 6) is 0.243. The van der Waals surface area contributed by atoms with Gasteiger partial charge in [-0.25, -0.2) is 4.79 Å². The molecule has 6 heteroatoms. The van der Waals surface area contributed by atoms with Crippen LogP contribution in [0.2, 0.25) is 5.02 Å². The van der Waals surface area contributed by atoms with Crippen LogP contribution in [0.5, 0.6) is 0 Å².